The van der Waals surface area contributed by atoms with Crippen LogP contribution in [-0.2, 0) is 12.3 Å². The van der Waals surface area contributed by atoms with E-state index in [9.17, 15) is 0 Å². The fraction of sp³-hybridized carbons (Fsp3) is 0.167. The molecule has 0 bridgehead atoms. The molecule has 2 N–H and O–H groups in total. The van der Waals surface area contributed by atoms with Gasteiger partial charge in [-0.05, 0) is 5.56 Å². The van der Waals surface area contributed by atoms with Gasteiger partial charge >= 0.3 is 0 Å². The first kappa shape index (κ1) is 11.7. The normalized spacial score (nSPS) is 10.4. The molecule has 0 aliphatic rings. The Bertz CT molecular complexity index is 492. The lowest BCUT2D eigenvalue weighted by atomic mass is 10.2. The molecule has 0 amide bonds. The molecule has 5 heteroatoms. The molecule has 88 valence electrons. The van der Waals surface area contributed by atoms with Crippen LogP contribution in [0.3, 0.4) is 0 Å². The van der Waals surface area contributed by atoms with Crippen LogP contribution in [0.15, 0.2) is 48.1 Å². The molecule has 0 atom stereocenters. The zero-order valence-electron chi connectivity index (χ0n) is 9.41. The number of anilines is 1. The average molecular weight is 246 g/mol. The quantitative estimate of drug-likeness (QED) is 0.650. The molecule has 0 fully saturated rings. The summed E-state index contributed by atoms with van der Waals surface area (Å²) in [6, 6.07) is 10.2. The Balaban J connectivity index is 2.06. The zero-order chi connectivity index (χ0) is 12.1. The molecular weight excluding hydrogens is 232 g/mol. The molecule has 1 aromatic heterocycles. The topological polar surface area (TPSA) is 56.7 Å². The van der Waals surface area contributed by atoms with Crippen molar-refractivity contribution in [1.29, 1.82) is 0 Å². The van der Waals surface area contributed by atoms with Crippen LogP contribution in [0.4, 0.5) is 5.95 Å². The molecule has 17 heavy (non-hydrogen) atoms. The third-order valence-electron chi connectivity index (χ3n) is 2.27. The lowest BCUT2D eigenvalue weighted by Gasteiger charge is -2.04. The van der Waals surface area contributed by atoms with Crippen molar-refractivity contribution in [2.75, 3.05) is 5.73 Å². The Labute approximate surface area is 105 Å². The van der Waals surface area contributed by atoms with Crippen LogP contribution >= 0.6 is 11.8 Å². The van der Waals surface area contributed by atoms with Crippen molar-refractivity contribution in [2.24, 2.45) is 0 Å². The van der Waals surface area contributed by atoms with Gasteiger partial charge in [-0.2, -0.15) is 0 Å². The highest BCUT2D eigenvalue weighted by molar-refractivity contribution is 7.98. The second kappa shape index (κ2) is 5.54. The van der Waals surface area contributed by atoms with E-state index in [0.29, 0.717) is 12.5 Å². The number of hydrogen-bond donors (Lipinski definition) is 1. The first-order valence-electron chi connectivity index (χ1n) is 5.27. The molecule has 0 saturated heterocycles. The van der Waals surface area contributed by atoms with Crippen LogP contribution in [0.5, 0.6) is 0 Å². The van der Waals surface area contributed by atoms with Crippen molar-refractivity contribution < 1.29 is 0 Å². The maximum Gasteiger partial charge on any atom is 0.222 e. The summed E-state index contributed by atoms with van der Waals surface area (Å²) in [5.41, 5.74) is 6.98. The van der Waals surface area contributed by atoms with Crippen molar-refractivity contribution in [3.8, 4) is 0 Å². The maximum atomic E-state index is 5.72. The standard InChI is InChI=1S/C12H14N4S/c1-2-8-16-11(13)14-15-12(16)17-9-10-6-4-3-5-7-10/h2-7H,1,8-9H2,(H2,13,14). The van der Waals surface area contributed by atoms with Gasteiger partial charge in [0.05, 0.1) is 0 Å². The first-order chi connectivity index (χ1) is 8.31. The van der Waals surface area contributed by atoms with E-state index >= 15 is 0 Å². The molecule has 1 heterocycles. The molecule has 0 unspecified atom stereocenters. The van der Waals surface area contributed by atoms with Gasteiger partial charge in [0.15, 0.2) is 5.16 Å². The molecule has 0 aliphatic heterocycles. The fourth-order valence-electron chi connectivity index (χ4n) is 1.43. The summed E-state index contributed by atoms with van der Waals surface area (Å²) in [5, 5.41) is 8.75. The molecule has 0 radical (unpaired) electrons. The van der Waals surface area contributed by atoms with Crippen LogP contribution in [0, 0.1) is 0 Å². The molecule has 0 aliphatic carbocycles. The molecule has 0 spiro atoms. The van der Waals surface area contributed by atoms with Crippen LogP contribution in [0.25, 0.3) is 0 Å². The highest BCUT2D eigenvalue weighted by atomic mass is 32.2. The number of hydrogen-bond acceptors (Lipinski definition) is 4. The Morgan fingerprint density at radius 1 is 1.29 bits per heavy atom. The lowest BCUT2D eigenvalue weighted by molar-refractivity contribution is 0.733. The van der Waals surface area contributed by atoms with Crippen LogP contribution < -0.4 is 5.73 Å². The summed E-state index contributed by atoms with van der Waals surface area (Å²) in [6.07, 6.45) is 1.78. The summed E-state index contributed by atoms with van der Waals surface area (Å²) >= 11 is 1.62. The van der Waals surface area contributed by atoms with Gasteiger partial charge in [-0.1, -0.05) is 48.2 Å². The highest BCUT2D eigenvalue weighted by Gasteiger charge is 2.08. The largest absolute Gasteiger partial charge is 0.368 e. The van der Waals surface area contributed by atoms with Crippen molar-refractivity contribution in [3.05, 3.63) is 48.6 Å². The van der Waals surface area contributed by atoms with Crippen LogP contribution in [0.1, 0.15) is 5.56 Å². The third kappa shape index (κ3) is 2.88. The summed E-state index contributed by atoms with van der Waals surface area (Å²) < 4.78 is 1.85. The van der Waals surface area contributed by atoms with Crippen molar-refractivity contribution in [2.45, 2.75) is 17.5 Å². The van der Waals surface area contributed by atoms with Gasteiger partial charge in [0.25, 0.3) is 0 Å². The predicted molar refractivity (Wildman–Crippen MR) is 70.6 cm³/mol. The Kier molecular flexibility index (Phi) is 3.82. The second-order valence-electron chi connectivity index (χ2n) is 3.51. The summed E-state index contributed by atoms with van der Waals surface area (Å²) in [4.78, 5) is 0. The zero-order valence-corrected chi connectivity index (χ0v) is 10.2. The predicted octanol–water partition coefficient (Wildman–Crippen LogP) is 2.34. The minimum atomic E-state index is 0.431. The van der Waals surface area contributed by atoms with Gasteiger partial charge in [-0.25, -0.2) is 0 Å². The summed E-state index contributed by atoms with van der Waals surface area (Å²) in [6.45, 7) is 4.33. The number of nitrogens with two attached hydrogens (primary N) is 1. The molecule has 1 aromatic carbocycles. The van der Waals surface area contributed by atoms with E-state index in [-0.39, 0.29) is 0 Å². The number of benzene rings is 1. The maximum absolute atomic E-state index is 5.72. The first-order valence-corrected chi connectivity index (χ1v) is 6.26. The Hall–Kier alpha value is -1.75. The third-order valence-corrected chi connectivity index (χ3v) is 3.31. The number of aromatic nitrogens is 3. The summed E-state index contributed by atoms with van der Waals surface area (Å²) in [5.74, 6) is 1.29. The van der Waals surface area contributed by atoms with Gasteiger partial charge in [-0.15, -0.1) is 16.8 Å². The SMILES string of the molecule is C=CCn1c(N)nnc1SCc1ccccc1. The number of thioether (sulfide) groups is 1. The molecule has 0 saturated carbocycles. The van der Waals surface area contributed by atoms with E-state index in [2.05, 4.69) is 28.9 Å². The smallest absolute Gasteiger partial charge is 0.222 e. The van der Waals surface area contributed by atoms with E-state index in [4.69, 9.17) is 5.73 Å². The van der Waals surface area contributed by atoms with Gasteiger partial charge < -0.3 is 5.73 Å². The van der Waals surface area contributed by atoms with E-state index in [1.54, 1.807) is 17.8 Å². The fourth-order valence-corrected chi connectivity index (χ4v) is 2.34. The number of nitrogen functional groups attached to an aromatic ring is 1. The second-order valence-corrected chi connectivity index (χ2v) is 4.46. The van der Waals surface area contributed by atoms with E-state index in [1.807, 2.05) is 22.8 Å². The number of rotatable bonds is 5. The Morgan fingerprint density at radius 2 is 2.06 bits per heavy atom. The average Bonchev–Trinajstić information content (AvgIpc) is 2.70. The van der Waals surface area contributed by atoms with Crippen LogP contribution in [0.2, 0.25) is 0 Å². The molecular formula is C12H14N4S. The summed E-state index contributed by atoms with van der Waals surface area (Å²) in [7, 11) is 0. The van der Waals surface area contributed by atoms with Crippen molar-refractivity contribution in [3.63, 3.8) is 0 Å². The van der Waals surface area contributed by atoms with E-state index < -0.39 is 0 Å². The number of allylic oxidation sites excluding steroid dienone is 1. The van der Waals surface area contributed by atoms with Gasteiger partial charge in [0.1, 0.15) is 0 Å². The van der Waals surface area contributed by atoms with E-state index in [1.165, 1.54) is 5.56 Å². The molecule has 4 nitrogen and oxygen atoms in total. The molecule has 2 rings (SSSR count). The van der Waals surface area contributed by atoms with Crippen LogP contribution in [-0.4, -0.2) is 14.8 Å². The van der Waals surface area contributed by atoms with Crippen molar-refractivity contribution >= 4 is 17.7 Å². The monoisotopic (exact) mass is 246 g/mol. The molecule has 2 aromatic rings. The van der Waals surface area contributed by atoms with E-state index in [0.717, 1.165) is 10.9 Å². The van der Waals surface area contributed by atoms with Gasteiger partial charge in [0, 0.05) is 12.3 Å². The number of nitrogens with zero attached hydrogens (tertiary/aromatic N) is 3. The lowest BCUT2D eigenvalue weighted by Crippen LogP contribution is -2.02. The minimum Gasteiger partial charge on any atom is -0.368 e. The van der Waals surface area contributed by atoms with Gasteiger partial charge in [-0.3, -0.25) is 4.57 Å². The van der Waals surface area contributed by atoms with Crippen molar-refractivity contribution in [1.82, 2.24) is 14.8 Å². The van der Waals surface area contributed by atoms with Gasteiger partial charge in [0.2, 0.25) is 5.95 Å². The highest BCUT2D eigenvalue weighted by Crippen LogP contribution is 2.22. The minimum absolute atomic E-state index is 0.431. The Morgan fingerprint density at radius 3 is 2.76 bits per heavy atom.